The number of hydrogen-bond donors (Lipinski definition) is 1. The summed E-state index contributed by atoms with van der Waals surface area (Å²) in [6, 6.07) is 11.8. The number of carbonyl (C=O) groups excluding carboxylic acids is 1. The highest BCUT2D eigenvalue weighted by atomic mass is 16.5. The second-order valence-electron chi connectivity index (χ2n) is 5.24. The number of benzene rings is 2. The van der Waals surface area contributed by atoms with Crippen LogP contribution in [-0.4, -0.2) is 37.7 Å². The van der Waals surface area contributed by atoms with Crippen molar-refractivity contribution in [3.05, 3.63) is 53.6 Å². The van der Waals surface area contributed by atoms with Crippen LogP contribution in [0.3, 0.4) is 0 Å². The minimum absolute atomic E-state index is 0.0617. The van der Waals surface area contributed by atoms with Crippen LogP contribution in [0.4, 0.5) is 0 Å². The van der Waals surface area contributed by atoms with Crippen molar-refractivity contribution < 1.29 is 28.9 Å². The molecule has 0 amide bonds. The molecule has 1 N–H and O–H groups in total. The van der Waals surface area contributed by atoms with Gasteiger partial charge in [0.25, 0.3) is 0 Å². The number of rotatable bonds is 9. The van der Waals surface area contributed by atoms with Gasteiger partial charge in [-0.3, -0.25) is 9.59 Å². The van der Waals surface area contributed by atoms with Crippen LogP contribution in [0.25, 0.3) is 0 Å². The van der Waals surface area contributed by atoms with E-state index in [2.05, 4.69) is 0 Å². The summed E-state index contributed by atoms with van der Waals surface area (Å²) in [6.07, 6.45) is 0.489. The Kier molecular flexibility index (Phi) is 6.39. The zero-order valence-electron chi connectivity index (χ0n) is 14.2. The largest absolute Gasteiger partial charge is 0.494 e. The molecule has 6 nitrogen and oxygen atoms in total. The second-order valence-corrected chi connectivity index (χ2v) is 5.24. The zero-order valence-corrected chi connectivity index (χ0v) is 14.2. The Morgan fingerprint density at radius 3 is 2.32 bits per heavy atom. The van der Waals surface area contributed by atoms with Crippen LogP contribution in [0.5, 0.6) is 17.2 Å². The molecule has 2 aromatic rings. The van der Waals surface area contributed by atoms with Crippen molar-refractivity contribution in [2.45, 2.75) is 12.8 Å². The summed E-state index contributed by atoms with van der Waals surface area (Å²) in [5, 5.41) is 8.58. The Bertz CT molecular complexity index is 736. The molecule has 132 valence electrons. The van der Waals surface area contributed by atoms with Crippen molar-refractivity contribution >= 4 is 11.8 Å². The molecule has 2 rings (SSSR count). The minimum Gasteiger partial charge on any atom is -0.494 e. The van der Waals surface area contributed by atoms with Crippen molar-refractivity contribution in [3.8, 4) is 17.2 Å². The normalized spacial score (nSPS) is 10.2. The van der Waals surface area contributed by atoms with Gasteiger partial charge in [0.05, 0.1) is 26.4 Å². The molecule has 0 aliphatic heterocycles. The predicted octanol–water partition coefficient (Wildman–Crippen LogP) is 3.18. The molecule has 25 heavy (non-hydrogen) atoms. The van der Waals surface area contributed by atoms with E-state index < -0.39 is 5.97 Å². The van der Waals surface area contributed by atoms with E-state index in [1.54, 1.807) is 42.5 Å². The number of ether oxygens (including phenoxy) is 3. The number of ketones is 1. The van der Waals surface area contributed by atoms with E-state index in [4.69, 9.17) is 19.3 Å². The maximum absolute atomic E-state index is 12.7. The number of aliphatic carboxylic acids is 1. The topological polar surface area (TPSA) is 82.1 Å². The quantitative estimate of drug-likeness (QED) is 0.556. The number of hydrogen-bond acceptors (Lipinski definition) is 5. The van der Waals surface area contributed by atoms with E-state index in [-0.39, 0.29) is 12.2 Å². The first-order chi connectivity index (χ1) is 12.1. The fourth-order valence-corrected chi connectivity index (χ4v) is 2.34. The average molecular weight is 344 g/mol. The summed E-state index contributed by atoms with van der Waals surface area (Å²) in [4.78, 5) is 23.1. The average Bonchev–Trinajstić information content (AvgIpc) is 2.64. The molecule has 0 heterocycles. The SMILES string of the molecule is COc1cccc(C(=O)c2ccc(OCCCC(=O)O)cc2)c1OC. The summed E-state index contributed by atoms with van der Waals surface area (Å²) >= 11 is 0. The monoisotopic (exact) mass is 344 g/mol. The molecule has 0 unspecified atom stereocenters. The molecule has 0 saturated heterocycles. The van der Waals surface area contributed by atoms with Crippen LogP contribution in [0.15, 0.2) is 42.5 Å². The van der Waals surface area contributed by atoms with Gasteiger partial charge in [0.15, 0.2) is 17.3 Å². The standard InChI is InChI=1S/C19H20O6/c1-23-16-6-3-5-15(19(16)24-2)18(22)13-8-10-14(11-9-13)25-12-4-7-17(20)21/h3,5-6,8-11H,4,7,12H2,1-2H3,(H,20,21). The van der Waals surface area contributed by atoms with Gasteiger partial charge in [0, 0.05) is 12.0 Å². The number of para-hydroxylation sites is 1. The number of carboxylic acid groups (broad SMARTS) is 1. The molecular formula is C19H20O6. The first-order valence-electron chi connectivity index (χ1n) is 7.77. The van der Waals surface area contributed by atoms with Crippen LogP contribution >= 0.6 is 0 Å². The second kappa shape index (κ2) is 8.73. The fourth-order valence-electron chi connectivity index (χ4n) is 2.34. The number of carboxylic acids is 1. The van der Waals surface area contributed by atoms with Gasteiger partial charge in [-0.1, -0.05) is 6.07 Å². The summed E-state index contributed by atoms with van der Waals surface area (Å²) in [6.45, 7) is 0.309. The third-order valence-electron chi connectivity index (χ3n) is 3.57. The van der Waals surface area contributed by atoms with Crippen molar-refractivity contribution in [1.29, 1.82) is 0 Å². The number of methoxy groups -OCH3 is 2. The molecule has 0 saturated carbocycles. The lowest BCUT2D eigenvalue weighted by Crippen LogP contribution is -2.05. The van der Waals surface area contributed by atoms with Gasteiger partial charge in [-0.2, -0.15) is 0 Å². The van der Waals surface area contributed by atoms with E-state index in [1.165, 1.54) is 14.2 Å². The summed E-state index contributed by atoms with van der Waals surface area (Å²) < 4.78 is 16.0. The molecule has 0 aliphatic rings. The van der Waals surface area contributed by atoms with Crippen LogP contribution < -0.4 is 14.2 Å². The van der Waals surface area contributed by atoms with Crippen molar-refractivity contribution in [2.75, 3.05) is 20.8 Å². The molecule has 0 aromatic heterocycles. The third kappa shape index (κ3) is 4.73. The Hall–Kier alpha value is -3.02. The first-order valence-corrected chi connectivity index (χ1v) is 7.77. The van der Waals surface area contributed by atoms with Gasteiger partial charge in [0.2, 0.25) is 0 Å². The maximum atomic E-state index is 12.7. The Morgan fingerprint density at radius 2 is 1.72 bits per heavy atom. The first kappa shape index (κ1) is 18.3. The van der Waals surface area contributed by atoms with Crippen LogP contribution in [-0.2, 0) is 4.79 Å². The predicted molar refractivity (Wildman–Crippen MR) is 91.8 cm³/mol. The van der Waals surface area contributed by atoms with Crippen LogP contribution in [0.1, 0.15) is 28.8 Å². The lowest BCUT2D eigenvalue weighted by Gasteiger charge is -2.12. The lowest BCUT2D eigenvalue weighted by atomic mass is 10.0. The lowest BCUT2D eigenvalue weighted by molar-refractivity contribution is -0.137. The van der Waals surface area contributed by atoms with E-state index in [0.717, 1.165) is 0 Å². The van der Waals surface area contributed by atoms with Gasteiger partial charge in [-0.05, 0) is 42.8 Å². The van der Waals surface area contributed by atoms with Crippen LogP contribution in [0.2, 0.25) is 0 Å². The number of carbonyl (C=O) groups is 2. The smallest absolute Gasteiger partial charge is 0.303 e. The van der Waals surface area contributed by atoms with E-state index in [1.807, 2.05) is 0 Å². The zero-order chi connectivity index (χ0) is 18.2. The highest BCUT2D eigenvalue weighted by molar-refractivity contribution is 6.11. The summed E-state index contributed by atoms with van der Waals surface area (Å²) in [5.74, 6) is 0.431. The van der Waals surface area contributed by atoms with Crippen LogP contribution in [0, 0.1) is 0 Å². The summed E-state index contributed by atoms with van der Waals surface area (Å²) in [5.41, 5.74) is 0.904. The molecule has 6 heteroatoms. The molecular weight excluding hydrogens is 324 g/mol. The van der Waals surface area contributed by atoms with Gasteiger partial charge in [0.1, 0.15) is 5.75 Å². The van der Waals surface area contributed by atoms with Gasteiger partial charge < -0.3 is 19.3 Å². The van der Waals surface area contributed by atoms with Gasteiger partial charge in [-0.25, -0.2) is 0 Å². The summed E-state index contributed by atoms with van der Waals surface area (Å²) in [7, 11) is 3.01. The fraction of sp³-hybridized carbons (Fsp3) is 0.263. The molecule has 0 spiro atoms. The van der Waals surface area contributed by atoms with Crippen molar-refractivity contribution in [3.63, 3.8) is 0 Å². The molecule has 0 aliphatic carbocycles. The van der Waals surface area contributed by atoms with E-state index in [9.17, 15) is 9.59 Å². The molecule has 2 aromatic carbocycles. The van der Waals surface area contributed by atoms with Gasteiger partial charge >= 0.3 is 5.97 Å². The minimum atomic E-state index is -0.850. The molecule has 0 atom stereocenters. The van der Waals surface area contributed by atoms with E-state index >= 15 is 0 Å². The molecule has 0 fully saturated rings. The Morgan fingerprint density at radius 1 is 1.00 bits per heavy atom. The van der Waals surface area contributed by atoms with Crippen molar-refractivity contribution in [2.24, 2.45) is 0 Å². The maximum Gasteiger partial charge on any atom is 0.303 e. The van der Waals surface area contributed by atoms with Gasteiger partial charge in [-0.15, -0.1) is 0 Å². The highest BCUT2D eigenvalue weighted by Crippen LogP contribution is 2.32. The Balaban J connectivity index is 2.09. The third-order valence-corrected chi connectivity index (χ3v) is 3.57. The molecule has 0 radical (unpaired) electrons. The van der Waals surface area contributed by atoms with E-state index in [0.29, 0.717) is 41.4 Å². The molecule has 0 bridgehead atoms. The highest BCUT2D eigenvalue weighted by Gasteiger charge is 2.17. The Labute approximate surface area is 146 Å². The van der Waals surface area contributed by atoms with Crippen molar-refractivity contribution in [1.82, 2.24) is 0 Å².